The third-order valence-electron chi connectivity index (χ3n) is 3.62. The minimum atomic E-state index is -1.25. The third-order valence-corrected chi connectivity index (χ3v) is 3.62. The van der Waals surface area contributed by atoms with Gasteiger partial charge in [-0.25, -0.2) is 9.59 Å². The summed E-state index contributed by atoms with van der Waals surface area (Å²) in [5.41, 5.74) is 1.18. The van der Waals surface area contributed by atoms with E-state index in [0.29, 0.717) is 30.3 Å². The number of amides is 1. The van der Waals surface area contributed by atoms with Gasteiger partial charge in [-0.05, 0) is 23.3 Å². The van der Waals surface area contributed by atoms with Gasteiger partial charge in [-0.1, -0.05) is 36.4 Å². The Kier molecular flexibility index (Phi) is 5.03. The number of aliphatic carboxylic acids is 1. The maximum absolute atomic E-state index is 11.9. The van der Waals surface area contributed by atoms with Crippen LogP contribution in [-0.4, -0.2) is 30.4 Å². The minimum Gasteiger partial charge on any atom is -0.486 e. The normalized spacial score (nSPS) is 13.6. The first-order valence-corrected chi connectivity index (χ1v) is 7.73. The van der Waals surface area contributed by atoms with Gasteiger partial charge in [0.2, 0.25) is 0 Å². The first kappa shape index (κ1) is 16.6. The van der Waals surface area contributed by atoms with Crippen LogP contribution in [0.3, 0.4) is 0 Å². The second-order valence-electron chi connectivity index (χ2n) is 5.38. The summed E-state index contributed by atoms with van der Waals surface area (Å²) in [5.74, 6) is -0.200. The van der Waals surface area contributed by atoms with E-state index in [9.17, 15) is 14.7 Å². The highest BCUT2D eigenvalue weighted by Gasteiger charge is 2.25. The average molecular weight is 343 g/mol. The Morgan fingerprint density at radius 2 is 1.80 bits per heavy atom. The lowest BCUT2D eigenvalue weighted by Crippen LogP contribution is -2.34. The summed E-state index contributed by atoms with van der Waals surface area (Å²) in [6.07, 6.45) is -0.814. The Morgan fingerprint density at radius 1 is 1.08 bits per heavy atom. The molecular formula is C18H17NO6. The fourth-order valence-electron chi connectivity index (χ4n) is 2.41. The van der Waals surface area contributed by atoms with Crippen LogP contribution in [0, 0.1) is 0 Å². The summed E-state index contributed by atoms with van der Waals surface area (Å²) in [4.78, 5) is 23.5. The van der Waals surface area contributed by atoms with Crippen LogP contribution in [0.5, 0.6) is 11.5 Å². The zero-order valence-corrected chi connectivity index (χ0v) is 13.3. The highest BCUT2D eigenvalue weighted by atomic mass is 16.6. The van der Waals surface area contributed by atoms with Gasteiger partial charge in [0.1, 0.15) is 19.8 Å². The maximum atomic E-state index is 11.9. The van der Waals surface area contributed by atoms with Crippen molar-refractivity contribution < 1.29 is 28.9 Å². The Balaban J connectivity index is 1.67. The number of carboxylic acid groups (broad SMARTS) is 1. The van der Waals surface area contributed by atoms with Gasteiger partial charge in [-0.3, -0.25) is 0 Å². The van der Waals surface area contributed by atoms with Gasteiger partial charge >= 0.3 is 12.1 Å². The Hall–Kier alpha value is -3.22. The summed E-state index contributed by atoms with van der Waals surface area (Å²) >= 11 is 0. The second-order valence-corrected chi connectivity index (χ2v) is 5.38. The van der Waals surface area contributed by atoms with E-state index in [1.165, 1.54) is 0 Å². The number of ether oxygens (including phenoxy) is 3. The molecule has 3 rings (SSSR count). The second kappa shape index (κ2) is 7.57. The highest BCUT2D eigenvalue weighted by molar-refractivity contribution is 5.81. The van der Waals surface area contributed by atoms with Crippen LogP contribution in [-0.2, 0) is 16.1 Å². The van der Waals surface area contributed by atoms with E-state index in [-0.39, 0.29) is 6.61 Å². The molecule has 0 saturated heterocycles. The average Bonchev–Trinajstić information content (AvgIpc) is 2.64. The van der Waals surface area contributed by atoms with E-state index < -0.39 is 18.1 Å². The van der Waals surface area contributed by atoms with Crippen LogP contribution >= 0.6 is 0 Å². The molecule has 2 aromatic carbocycles. The van der Waals surface area contributed by atoms with Crippen molar-refractivity contribution in [3.8, 4) is 11.5 Å². The summed E-state index contributed by atoms with van der Waals surface area (Å²) in [6.45, 7) is 0.889. The van der Waals surface area contributed by atoms with Gasteiger partial charge in [0.05, 0.1) is 0 Å². The summed E-state index contributed by atoms with van der Waals surface area (Å²) in [7, 11) is 0. The lowest BCUT2D eigenvalue weighted by Gasteiger charge is -2.21. The molecule has 1 atom stereocenters. The summed E-state index contributed by atoms with van der Waals surface area (Å²) in [6, 6.07) is 12.6. The maximum Gasteiger partial charge on any atom is 0.408 e. The van der Waals surface area contributed by atoms with Crippen LogP contribution in [0.2, 0.25) is 0 Å². The molecule has 130 valence electrons. The van der Waals surface area contributed by atoms with E-state index >= 15 is 0 Å². The van der Waals surface area contributed by atoms with E-state index in [2.05, 4.69) is 5.32 Å². The zero-order chi connectivity index (χ0) is 17.6. The molecular weight excluding hydrogens is 326 g/mol. The van der Waals surface area contributed by atoms with Gasteiger partial charge in [-0.2, -0.15) is 0 Å². The van der Waals surface area contributed by atoms with Crippen LogP contribution in [0.15, 0.2) is 48.5 Å². The Morgan fingerprint density at radius 3 is 2.52 bits per heavy atom. The van der Waals surface area contributed by atoms with Crippen LogP contribution in [0.4, 0.5) is 4.79 Å². The summed E-state index contributed by atoms with van der Waals surface area (Å²) < 4.78 is 15.9. The first-order valence-electron chi connectivity index (χ1n) is 7.73. The third kappa shape index (κ3) is 4.20. The highest BCUT2D eigenvalue weighted by Crippen LogP contribution is 2.32. The minimum absolute atomic E-state index is 0.0557. The van der Waals surface area contributed by atoms with Crippen molar-refractivity contribution in [1.29, 1.82) is 0 Å². The number of hydrogen-bond acceptors (Lipinski definition) is 5. The molecule has 1 heterocycles. The number of hydrogen-bond donors (Lipinski definition) is 2. The molecule has 7 nitrogen and oxygen atoms in total. The van der Waals surface area contributed by atoms with Crippen molar-refractivity contribution >= 4 is 12.1 Å². The number of carbonyl (C=O) groups is 2. The number of carbonyl (C=O) groups excluding carboxylic acids is 1. The molecule has 0 aliphatic carbocycles. The number of nitrogens with one attached hydrogen (secondary N) is 1. The smallest absolute Gasteiger partial charge is 0.408 e. The lowest BCUT2D eigenvalue weighted by atomic mass is 10.1. The van der Waals surface area contributed by atoms with E-state index in [4.69, 9.17) is 14.2 Å². The molecule has 1 aliphatic heterocycles. The molecule has 0 saturated carbocycles. The molecule has 0 fully saturated rings. The Bertz CT molecular complexity index is 761. The molecule has 2 N–H and O–H groups in total. The quantitative estimate of drug-likeness (QED) is 0.866. The fourth-order valence-corrected chi connectivity index (χ4v) is 2.41. The largest absolute Gasteiger partial charge is 0.486 e. The monoisotopic (exact) mass is 343 g/mol. The Labute approximate surface area is 144 Å². The molecule has 2 aromatic rings. The van der Waals surface area contributed by atoms with Crippen molar-refractivity contribution in [1.82, 2.24) is 5.32 Å². The fraction of sp³-hybridized carbons (Fsp3) is 0.222. The van der Waals surface area contributed by atoms with Gasteiger partial charge in [0.25, 0.3) is 0 Å². The van der Waals surface area contributed by atoms with Crippen molar-refractivity contribution in [2.24, 2.45) is 0 Å². The van der Waals surface area contributed by atoms with Crippen LogP contribution < -0.4 is 14.8 Å². The molecule has 1 aliphatic rings. The number of fused-ring (bicyclic) bond motifs is 1. The molecule has 0 bridgehead atoms. The SMILES string of the molecule is O=C(N[C@H](C(=O)O)c1ccc2c(c1)OCCO2)OCc1ccccc1. The topological polar surface area (TPSA) is 94.1 Å². The number of benzene rings is 2. The zero-order valence-electron chi connectivity index (χ0n) is 13.3. The molecule has 1 amide bonds. The predicted molar refractivity (Wildman–Crippen MR) is 87.6 cm³/mol. The van der Waals surface area contributed by atoms with Gasteiger partial charge in [-0.15, -0.1) is 0 Å². The van der Waals surface area contributed by atoms with Gasteiger partial charge < -0.3 is 24.6 Å². The molecule has 25 heavy (non-hydrogen) atoms. The molecule has 7 heteroatoms. The van der Waals surface area contributed by atoms with Crippen molar-refractivity contribution in [2.45, 2.75) is 12.6 Å². The van der Waals surface area contributed by atoms with E-state index in [1.807, 2.05) is 30.3 Å². The van der Waals surface area contributed by atoms with Gasteiger partial charge in [0, 0.05) is 0 Å². The number of rotatable bonds is 5. The van der Waals surface area contributed by atoms with Crippen LogP contribution in [0.1, 0.15) is 17.2 Å². The predicted octanol–water partition coefficient (Wildman–Crippen LogP) is 2.51. The van der Waals surface area contributed by atoms with Crippen LogP contribution in [0.25, 0.3) is 0 Å². The first-order chi connectivity index (χ1) is 12.1. The molecule has 0 radical (unpaired) electrons. The molecule has 0 unspecified atom stereocenters. The van der Waals surface area contributed by atoms with E-state index in [0.717, 1.165) is 5.56 Å². The lowest BCUT2D eigenvalue weighted by molar-refractivity contribution is -0.139. The van der Waals surface area contributed by atoms with E-state index in [1.54, 1.807) is 18.2 Å². The molecule has 0 spiro atoms. The van der Waals surface area contributed by atoms with Crippen molar-refractivity contribution in [3.05, 3.63) is 59.7 Å². The van der Waals surface area contributed by atoms with Crippen molar-refractivity contribution in [2.75, 3.05) is 13.2 Å². The van der Waals surface area contributed by atoms with Crippen molar-refractivity contribution in [3.63, 3.8) is 0 Å². The summed E-state index contributed by atoms with van der Waals surface area (Å²) in [5, 5.41) is 11.8. The standard InChI is InChI=1S/C18H17NO6/c20-17(21)16(13-6-7-14-15(10-13)24-9-8-23-14)19-18(22)25-11-12-4-2-1-3-5-12/h1-7,10,16H,8-9,11H2,(H,19,22)(H,20,21)/t16-/m0/s1. The number of carboxylic acids is 1. The molecule has 0 aromatic heterocycles. The van der Waals surface area contributed by atoms with Gasteiger partial charge in [0.15, 0.2) is 17.5 Å². The number of alkyl carbamates (subject to hydrolysis) is 1.